The van der Waals surface area contributed by atoms with Crippen LogP contribution in [0.1, 0.15) is 19.4 Å². The molecule has 1 aromatic carbocycles. The second-order valence-corrected chi connectivity index (χ2v) is 5.96. The Kier molecular flexibility index (Phi) is 5.96. The van der Waals surface area contributed by atoms with Crippen LogP contribution in [0.15, 0.2) is 42.7 Å². The van der Waals surface area contributed by atoms with Gasteiger partial charge in [-0.25, -0.2) is 0 Å². The second-order valence-electron chi connectivity index (χ2n) is 5.55. The van der Waals surface area contributed by atoms with Crippen LogP contribution in [-0.2, 0) is 11.4 Å². The standard InChI is InChI=1S/C17H20ClN3O2/c1-11(2)16(19)17(22)21-13-5-6-15(14(18)8-13)23-10-12-4-3-7-20-9-12/h3-9,11,16H,10,19H2,1-2H3,(H,21,22)/t16-/m0/s1. The first-order chi connectivity index (χ1) is 11.0. The molecule has 1 amide bonds. The van der Waals surface area contributed by atoms with Gasteiger partial charge in [-0.05, 0) is 30.2 Å². The van der Waals surface area contributed by atoms with Crippen LogP contribution in [0.3, 0.4) is 0 Å². The molecule has 0 radical (unpaired) electrons. The molecule has 2 aromatic rings. The number of pyridine rings is 1. The molecule has 0 aliphatic rings. The number of amides is 1. The maximum absolute atomic E-state index is 11.9. The van der Waals surface area contributed by atoms with Gasteiger partial charge in [0, 0.05) is 23.6 Å². The van der Waals surface area contributed by atoms with Crippen molar-refractivity contribution in [3.8, 4) is 5.75 Å². The van der Waals surface area contributed by atoms with E-state index in [2.05, 4.69) is 10.3 Å². The molecule has 0 aliphatic heterocycles. The molecule has 5 nitrogen and oxygen atoms in total. The minimum absolute atomic E-state index is 0.0626. The molecule has 23 heavy (non-hydrogen) atoms. The van der Waals surface area contributed by atoms with E-state index in [1.165, 1.54) is 0 Å². The van der Waals surface area contributed by atoms with Crippen molar-refractivity contribution in [1.29, 1.82) is 0 Å². The van der Waals surface area contributed by atoms with Gasteiger partial charge in [-0.3, -0.25) is 9.78 Å². The fourth-order valence-corrected chi connectivity index (χ4v) is 2.10. The van der Waals surface area contributed by atoms with Crippen LogP contribution in [0, 0.1) is 5.92 Å². The summed E-state index contributed by atoms with van der Waals surface area (Å²) in [5.41, 5.74) is 7.35. The quantitative estimate of drug-likeness (QED) is 0.850. The second kappa shape index (κ2) is 7.94. The number of nitrogens with two attached hydrogens (primary N) is 1. The zero-order valence-electron chi connectivity index (χ0n) is 13.1. The molecule has 0 bridgehead atoms. The van der Waals surface area contributed by atoms with Gasteiger partial charge < -0.3 is 15.8 Å². The SMILES string of the molecule is CC(C)[C@H](N)C(=O)Nc1ccc(OCc2cccnc2)c(Cl)c1. The monoisotopic (exact) mass is 333 g/mol. The van der Waals surface area contributed by atoms with Crippen molar-refractivity contribution in [1.82, 2.24) is 4.98 Å². The number of aromatic nitrogens is 1. The first-order valence-corrected chi connectivity index (χ1v) is 7.73. The third-order valence-electron chi connectivity index (χ3n) is 3.34. The fraction of sp³-hybridized carbons (Fsp3) is 0.294. The van der Waals surface area contributed by atoms with Crippen LogP contribution in [0.5, 0.6) is 5.75 Å². The molecule has 1 atom stereocenters. The maximum Gasteiger partial charge on any atom is 0.241 e. The Morgan fingerprint density at radius 3 is 2.78 bits per heavy atom. The number of carbonyl (C=O) groups excluding carboxylic acids is 1. The Morgan fingerprint density at radius 1 is 1.39 bits per heavy atom. The van der Waals surface area contributed by atoms with Crippen molar-refractivity contribution in [2.45, 2.75) is 26.5 Å². The van der Waals surface area contributed by atoms with Crippen molar-refractivity contribution in [2.24, 2.45) is 11.7 Å². The molecule has 0 unspecified atom stereocenters. The smallest absolute Gasteiger partial charge is 0.241 e. The van der Waals surface area contributed by atoms with Gasteiger partial charge in [0.05, 0.1) is 11.1 Å². The zero-order valence-corrected chi connectivity index (χ0v) is 13.9. The van der Waals surface area contributed by atoms with Crippen LogP contribution in [-0.4, -0.2) is 16.9 Å². The predicted octanol–water partition coefficient (Wildman–Crippen LogP) is 3.24. The molecule has 122 valence electrons. The highest BCUT2D eigenvalue weighted by Crippen LogP contribution is 2.28. The van der Waals surface area contributed by atoms with Crippen LogP contribution in [0.2, 0.25) is 5.02 Å². The van der Waals surface area contributed by atoms with E-state index >= 15 is 0 Å². The van der Waals surface area contributed by atoms with E-state index in [4.69, 9.17) is 22.1 Å². The van der Waals surface area contributed by atoms with E-state index in [0.717, 1.165) is 5.56 Å². The predicted molar refractivity (Wildman–Crippen MR) is 91.5 cm³/mol. The summed E-state index contributed by atoms with van der Waals surface area (Å²) in [6.07, 6.45) is 3.44. The highest BCUT2D eigenvalue weighted by Gasteiger charge is 2.17. The molecule has 0 spiro atoms. The average molecular weight is 334 g/mol. The molecular formula is C17H20ClN3O2. The number of hydrogen-bond acceptors (Lipinski definition) is 4. The summed E-state index contributed by atoms with van der Waals surface area (Å²) in [6, 6.07) is 8.30. The fourth-order valence-electron chi connectivity index (χ4n) is 1.87. The van der Waals surface area contributed by atoms with Gasteiger partial charge in [0.1, 0.15) is 12.4 Å². The molecule has 0 fully saturated rings. The van der Waals surface area contributed by atoms with E-state index < -0.39 is 6.04 Å². The van der Waals surface area contributed by atoms with Gasteiger partial charge in [-0.15, -0.1) is 0 Å². The summed E-state index contributed by atoms with van der Waals surface area (Å²) in [6.45, 7) is 4.16. The summed E-state index contributed by atoms with van der Waals surface area (Å²) in [4.78, 5) is 16.0. The summed E-state index contributed by atoms with van der Waals surface area (Å²) in [5.74, 6) is 0.370. The summed E-state index contributed by atoms with van der Waals surface area (Å²) >= 11 is 6.20. The Morgan fingerprint density at radius 2 is 2.17 bits per heavy atom. The molecule has 0 aliphatic carbocycles. The van der Waals surface area contributed by atoms with E-state index in [1.807, 2.05) is 26.0 Å². The van der Waals surface area contributed by atoms with Crippen molar-refractivity contribution >= 4 is 23.2 Å². The van der Waals surface area contributed by atoms with Crippen LogP contribution in [0.25, 0.3) is 0 Å². The third-order valence-corrected chi connectivity index (χ3v) is 3.63. The lowest BCUT2D eigenvalue weighted by molar-refractivity contribution is -0.118. The number of halogens is 1. The molecule has 0 saturated heterocycles. The van der Waals surface area contributed by atoms with Gasteiger partial charge in [0.2, 0.25) is 5.91 Å². The van der Waals surface area contributed by atoms with E-state index in [9.17, 15) is 4.79 Å². The topological polar surface area (TPSA) is 77.2 Å². The van der Waals surface area contributed by atoms with Gasteiger partial charge in [0.25, 0.3) is 0 Å². The minimum Gasteiger partial charge on any atom is -0.487 e. The van der Waals surface area contributed by atoms with Gasteiger partial charge >= 0.3 is 0 Å². The zero-order chi connectivity index (χ0) is 16.8. The molecule has 0 saturated carbocycles. The van der Waals surface area contributed by atoms with Crippen molar-refractivity contribution in [3.63, 3.8) is 0 Å². The number of nitrogens with zero attached hydrogens (tertiary/aromatic N) is 1. The Balaban J connectivity index is 1.99. The average Bonchev–Trinajstić information content (AvgIpc) is 2.54. The number of ether oxygens (including phenoxy) is 1. The normalized spacial score (nSPS) is 12.0. The number of rotatable bonds is 6. The molecule has 6 heteroatoms. The van der Waals surface area contributed by atoms with E-state index in [-0.39, 0.29) is 11.8 Å². The summed E-state index contributed by atoms with van der Waals surface area (Å²) in [5, 5.41) is 3.17. The van der Waals surface area contributed by atoms with Gasteiger partial charge in [-0.2, -0.15) is 0 Å². The van der Waals surface area contributed by atoms with Crippen molar-refractivity contribution < 1.29 is 9.53 Å². The van der Waals surface area contributed by atoms with Crippen LogP contribution in [0.4, 0.5) is 5.69 Å². The van der Waals surface area contributed by atoms with Gasteiger partial charge in [-0.1, -0.05) is 31.5 Å². The lowest BCUT2D eigenvalue weighted by Crippen LogP contribution is -2.39. The van der Waals surface area contributed by atoms with Gasteiger partial charge in [0.15, 0.2) is 0 Å². The lowest BCUT2D eigenvalue weighted by atomic mass is 10.0. The highest BCUT2D eigenvalue weighted by molar-refractivity contribution is 6.32. The number of anilines is 1. The maximum atomic E-state index is 11.9. The molecule has 2 rings (SSSR count). The van der Waals surface area contributed by atoms with Crippen LogP contribution >= 0.6 is 11.6 Å². The largest absolute Gasteiger partial charge is 0.487 e. The molecular weight excluding hydrogens is 314 g/mol. The number of benzene rings is 1. The minimum atomic E-state index is -0.560. The number of nitrogens with one attached hydrogen (secondary N) is 1. The number of carbonyl (C=O) groups is 1. The van der Waals surface area contributed by atoms with Crippen molar-refractivity contribution in [2.75, 3.05) is 5.32 Å². The van der Waals surface area contributed by atoms with E-state index in [1.54, 1.807) is 30.6 Å². The number of hydrogen-bond donors (Lipinski definition) is 2. The van der Waals surface area contributed by atoms with E-state index in [0.29, 0.717) is 23.1 Å². The third kappa shape index (κ3) is 4.94. The van der Waals surface area contributed by atoms with Crippen molar-refractivity contribution in [3.05, 3.63) is 53.3 Å². The Bertz CT molecular complexity index is 662. The first-order valence-electron chi connectivity index (χ1n) is 7.35. The lowest BCUT2D eigenvalue weighted by Gasteiger charge is -2.16. The Labute approximate surface area is 140 Å². The Hall–Kier alpha value is -2.11. The summed E-state index contributed by atoms with van der Waals surface area (Å²) < 4.78 is 5.66. The van der Waals surface area contributed by atoms with Crippen LogP contribution < -0.4 is 15.8 Å². The molecule has 3 N–H and O–H groups in total. The highest BCUT2D eigenvalue weighted by atomic mass is 35.5. The first kappa shape index (κ1) is 17.2. The molecule has 1 aromatic heterocycles. The summed E-state index contributed by atoms with van der Waals surface area (Å²) in [7, 11) is 0. The molecule has 1 heterocycles.